The molecule has 0 saturated carbocycles. The number of carbonyl (C=O) groups is 1. The zero-order valence-electron chi connectivity index (χ0n) is 12.9. The Balaban J connectivity index is 0.00000220. The van der Waals surface area contributed by atoms with Gasteiger partial charge in [0.1, 0.15) is 5.65 Å². The quantitative estimate of drug-likeness (QED) is 0.843. The molecule has 22 heavy (non-hydrogen) atoms. The van der Waals surface area contributed by atoms with Crippen molar-refractivity contribution in [3.8, 4) is 0 Å². The summed E-state index contributed by atoms with van der Waals surface area (Å²) in [5, 5.41) is 2.90. The number of halogens is 2. The van der Waals surface area contributed by atoms with E-state index >= 15 is 0 Å². The van der Waals surface area contributed by atoms with Crippen LogP contribution in [0.4, 0.5) is 0 Å². The Kier molecular flexibility index (Phi) is 8.45. The van der Waals surface area contributed by atoms with Crippen LogP contribution in [0.3, 0.4) is 0 Å². The molecule has 0 aliphatic carbocycles. The van der Waals surface area contributed by atoms with Gasteiger partial charge in [0.2, 0.25) is 5.91 Å². The van der Waals surface area contributed by atoms with Gasteiger partial charge >= 0.3 is 0 Å². The number of imidazole rings is 1. The Morgan fingerprint density at radius 1 is 1.32 bits per heavy atom. The van der Waals surface area contributed by atoms with E-state index in [0.717, 1.165) is 24.2 Å². The Morgan fingerprint density at radius 3 is 2.59 bits per heavy atom. The summed E-state index contributed by atoms with van der Waals surface area (Å²) >= 11 is 0. The van der Waals surface area contributed by atoms with Crippen molar-refractivity contribution in [2.75, 3.05) is 6.54 Å². The third-order valence-corrected chi connectivity index (χ3v) is 3.80. The molecule has 0 spiro atoms. The highest BCUT2D eigenvalue weighted by Gasteiger charge is 2.21. The van der Waals surface area contributed by atoms with Gasteiger partial charge in [-0.1, -0.05) is 19.9 Å². The molecule has 5 nitrogen and oxygen atoms in total. The number of carbonyl (C=O) groups excluding carboxylic acids is 1. The van der Waals surface area contributed by atoms with E-state index in [1.54, 1.807) is 0 Å². The summed E-state index contributed by atoms with van der Waals surface area (Å²) in [5.41, 5.74) is 7.47. The van der Waals surface area contributed by atoms with E-state index in [4.69, 9.17) is 5.73 Å². The first-order valence-corrected chi connectivity index (χ1v) is 7.04. The van der Waals surface area contributed by atoms with Crippen molar-refractivity contribution in [1.82, 2.24) is 14.7 Å². The highest BCUT2D eigenvalue weighted by atomic mass is 35.5. The van der Waals surface area contributed by atoms with E-state index in [1.165, 1.54) is 0 Å². The number of hydrogen-bond donors (Lipinski definition) is 2. The summed E-state index contributed by atoms with van der Waals surface area (Å²) in [5.74, 6) is -0.0369. The third-order valence-electron chi connectivity index (χ3n) is 3.80. The van der Waals surface area contributed by atoms with E-state index in [-0.39, 0.29) is 42.7 Å². The molecule has 0 atom stereocenters. The van der Waals surface area contributed by atoms with Crippen LogP contribution in [0.25, 0.3) is 5.65 Å². The van der Waals surface area contributed by atoms with Crippen LogP contribution in [-0.2, 0) is 11.2 Å². The number of nitrogens with zero attached hydrogens (tertiary/aromatic N) is 2. The molecule has 2 aromatic heterocycles. The van der Waals surface area contributed by atoms with Gasteiger partial charge in [0, 0.05) is 24.5 Å². The number of rotatable bonds is 6. The summed E-state index contributed by atoms with van der Waals surface area (Å²) in [4.78, 5) is 16.4. The van der Waals surface area contributed by atoms with E-state index in [9.17, 15) is 4.79 Å². The molecule has 1 amide bonds. The lowest BCUT2D eigenvalue weighted by Crippen LogP contribution is -2.49. The Hall–Kier alpha value is -1.30. The largest absolute Gasteiger partial charge is 0.354 e. The second-order valence-electron chi connectivity index (χ2n) is 5.22. The first kappa shape index (κ1) is 20.7. The summed E-state index contributed by atoms with van der Waals surface area (Å²) in [6, 6.07) is 5.78. The van der Waals surface area contributed by atoms with Crippen LogP contribution >= 0.6 is 24.8 Å². The topological polar surface area (TPSA) is 72.4 Å². The van der Waals surface area contributed by atoms with Crippen LogP contribution in [0.15, 0.2) is 30.6 Å². The molecular formula is C15H24Cl2N4O. The summed E-state index contributed by atoms with van der Waals surface area (Å²) < 4.78 is 1.91. The fraction of sp³-hybridized carbons (Fsp3) is 0.467. The van der Waals surface area contributed by atoms with Crippen molar-refractivity contribution in [2.45, 2.75) is 38.6 Å². The van der Waals surface area contributed by atoms with Gasteiger partial charge in [0.05, 0.1) is 12.1 Å². The number of nitrogens with two attached hydrogens (primary N) is 1. The number of nitrogens with one attached hydrogen (secondary N) is 1. The summed E-state index contributed by atoms with van der Waals surface area (Å²) in [6.45, 7) is 4.59. The highest BCUT2D eigenvalue weighted by Crippen LogP contribution is 2.10. The van der Waals surface area contributed by atoms with E-state index < -0.39 is 0 Å². The first-order valence-electron chi connectivity index (χ1n) is 7.04. The fourth-order valence-electron chi connectivity index (χ4n) is 2.07. The van der Waals surface area contributed by atoms with E-state index in [2.05, 4.69) is 10.3 Å². The second kappa shape index (κ2) is 8.98. The maximum Gasteiger partial charge on any atom is 0.226 e. The van der Waals surface area contributed by atoms with Crippen LogP contribution in [0, 0.1) is 0 Å². The molecule has 0 unspecified atom stereocenters. The van der Waals surface area contributed by atoms with Gasteiger partial charge in [-0.15, -0.1) is 24.8 Å². The van der Waals surface area contributed by atoms with Crippen LogP contribution in [0.2, 0.25) is 0 Å². The van der Waals surface area contributed by atoms with Crippen molar-refractivity contribution >= 4 is 36.4 Å². The molecule has 2 rings (SSSR count). The lowest BCUT2D eigenvalue weighted by molar-refractivity contribution is -0.120. The van der Waals surface area contributed by atoms with E-state index in [0.29, 0.717) is 6.54 Å². The standard InChI is InChI=1S/C15H22N4O.2ClH/c1-3-15(16,4-2)11-17-14(20)9-12-10-19-8-6-5-7-13(19)18-12;;/h5-8,10H,3-4,9,11,16H2,1-2H3,(H,17,20);2*1H. The lowest BCUT2D eigenvalue weighted by Gasteiger charge is -2.26. The molecule has 2 heterocycles. The molecule has 7 heteroatoms. The maximum absolute atomic E-state index is 12.0. The van der Waals surface area contributed by atoms with Crippen molar-refractivity contribution < 1.29 is 4.79 Å². The number of pyridine rings is 1. The minimum Gasteiger partial charge on any atom is -0.354 e. The fourth-order valence-corrected chi connectivity index (χ4v) is 2.07. The molecule has 0 aromatic carbocycles. The number of fused-ring (bicyclic) bond motifs is 1. The highest BCUT2D eigenvalue weighted by molar-refractivity contribution is 5.85. The van der Waals surface area contributed by atoms with Crippen LogP contribution in [0.1, 0.15) is 32.4 Å². The Bertz CT molecular complexity index is 563. The molecule has 2 aromatic rings. The van der Waals surface area contributed by atoms with Crippen molar-refractivity contribution in [3.63, 3.8) is 0 Å². The predicted octanol–water partition coefficient (Wildman–Crippen LogP) is 2.35. The van der Waals surface area contributed by atoms with Gasteiger partial charge in [-0.2, -0.15) is 0 Å². The SMILES string of the molecule is CCC(N)(CC)CNC(=O)Cc1cn2ccccc2n1.Cl.Cl. The van der Waals surface area contributed by atoms with Crippen molar-refractivity contribution in [3.05, 3.63) is 36.3 Å². The lowest BCUT2D eigenvalue weighted by atomic mass is 9.94. The van der Waals surface area contributed by atoms with Gasteiger partial charge in [-0.25, -0.2) is 4.98 Å². The average molecular weight is 347 g/mol. The van der Waals surface area contributed by atoms with Crippen LogP contribution < -0.4 is 11.1 Å². The van der Waals surface area contributed by atoms with Gasteiger partial charge in [-0.05, 0) is 25.0 Å². The molecule has 0 fully saturated rings. The zero-order valence-corrected chi connectivity index (χ0v) is 14.5. The molecule has 3 N–H and O–H groups in total. The third kappa shape index (κ3) is 5.16. The smallest absolute Gasteiger partial charge is 0.226 e. The number of aromatic nitrogens is 2. The number of amides is 1. The minimum atomic E-state index is -0.311. The van der Waals surface area contributed by atoms with Gasteiger partial charge in [-0.3, -0.25) is 4.79 Å². The molecule has 0 radical (unpaired) electrons. The molecule has 0 bridgehead atoms. The molecule has 0 aliphatic heterocycles. The van der Waals surface area contributed by atoms with Crippen molar-refractivity contribution in [2.24, 2.45) is 5.73 Å². The van der Waals surface area contributed by atoms with Gasteiger partial charge < -0.3 is 15.5 Å². The molecule has 0 aliphatic rings. The van der Waals surface area contributed by atoms with Crippen LogP contribution in [-0.4, -0.2) is 27.4 Å². The molecule has 124 valence electrons. The number of hydrogen-bond acceptors (Lipinski definition) is 3. The predicted molar refractivity (Wildman–Crippen MR) is 93.9 cm³/mol. The Labute approximate surface area is 143 Å². The van der Waals surface area contributed by atoms with Crippen molar-refractivity contribution in [1.29, 1.82) is 0 Å². The first-order chi connectivity index (χ1) is 9.56. The molecule has 0 saturated heterocycles. The summed E-state index contributed by atoms with van der Waals surface area (Å²) in [6.07, 6.45) is 5.77. The van der Waals surface area contributed by atoms with Crippen LogP contribution in [0.5, 0.6) is 0 Å². The van der Waals surface area contributed by atoms with Gasteiger partial charge in [0.25, 0.3) is 0 Å². The zero-order chi connectivity index (χ0) is 14.6. The monoisotopic (exact) mass is 346 g/mol. The maximum atomic E-state index is 12.0. The second-order valence-corrected chi connectivity index (χ2v) is 5.22. The minimum absolute atomic E-state index is 0. The van der Waals surface area contributed by atoms with Gasteiger partial charge in [0.15, 0.2) is 0 Å². The van der Waals surface area contributed by atoms with E-state index in [1.807, 2.05) is 48.8 Å². The summed E-state index contributed by atoms with van der Waals surface area (Å²) in [7, 11) is 0. The Morgan fingerprint density at radius 2 is 2.00 bits per heavy atom. The average Bonchev–Trinajstić information content (AvgIpc) is 2.87. The molecular weight excluding hydrogens is 323 g/mol. The normalized spacial score (nSPS) is 10.7.